The van der Waals surface area contributed by atoms with E-state index in [4.69, 9.17) is 0 Å². The molecule has 2 rings (SSSR count). The van der Waals surface area contributed by atoms with Crippen molar-refractivity contribution in [3.05, 3.63) is 27.7 Å². The number of amides is 1. The SMILES string of the molecule is Cc1cc(Br)cc2c1N(CC(C)(C)C(=O)O)C(=O)C2=O. The second-order valence-corrected chi connectivity index (χ2v) is 6.44. The Morgan fingerprint density at radius 1 is 1.35 bits per heavy atom. The molecule has 1 amide bonds. The molecule has 0 unspecified atom stereocenters. The quantitative estimate of drug-likeness (QED) is 0.858. The van der Waals surface area contributed by atoms with Gasteiger partial charge in [0.15, 0.2) is 0 Å². The van der Waals surface area contributed by atoms with Crippen molar-refractivity contribution in [2.75, 3.05) is 11.4 Å². The highest BCUT2D eigenvalue weighted by Gasteiger charge is 2.41. The molecule has 0 fully saturated rings. The molecule has 1 N–H and O–H groups in total. The summed E-state index contributed by atoms with van der Waals surface area (Å²) in [4.78, 5) is 36.6. The third kappa shape index (κ3) is 2.24. The fourth-order valence-electron chi connectivity index (χ4n) is 2.22. The number of anilines is 1. The Bertz CT molecular complexity index is 636. The summed E-state index contributed by atoms with van der Waals surface area (Å²) in [5.74, 6) is -2.28. The third-order valence-electron chi connectivity index (χ3n) is 3.35. The number of benzene rings is 1. The molecule has 0 spiro atoms. The average Bonchev–Trinajstić information content (AvgIpc) is 2.54. The molecule has 0 radical (unpaired) electrons. The van der Waals surface area contributed by atoms with Crippen LogP contribution in [-0.2, 0) is 9.59 Å². The third-order valence-corrected chi connectivity index (χ3v) is 3.81. The van der Waals surface area contributed by atoms with Crippen molar-refractivity contribution in [1.82, 2.24) is 0 Å². The van der Waals surface area contributed by atoms with E-state index in [1.165, 1.54) is 18.7 Å². The van der Waals surface area contributed by atoms with Crippen LogP contribution >= 0.6 is 15.9 Å². The molecule has 5 nitrogen and oxygen atoms in total. The van der Waals surface area contributed by atoms with Gasteiger partial charge in [-0.15, -0.1) is 0 Å². The number of hydrogen-bond acceptors (Lipinski definition) is 3. The number of aryl methyl sites for hydroxylation is 1. The molecule has 0 bridgehead atoms. The molecule has 20 heavy (non-hydrogen) atoms. The summed E-state index contributed by atoms with van der Waals surface area (Å²) in [6, 6.07) is 3.39. The second kappa shape index (κ2) is 4.70. The monoisotopic (exact) mass is 339 g/mol. The van der Waals surface area contributed by atoms with Crippen molar-refractivity contribution < 1.29 is 19.5 Å². The van der Waals surface area contributed by atoms with Crippen LogP contribution in [0.5, 0.6) is 0 Å². The minimum absolute atomic E-state index is 0.0393. The number of nitrogens with zero attached hydrogens (tertiary/aromatic N) is 1. The van der Waals surface area contributed by atoms with E-state index in [0.717, 1.165) is 5.56 Å². The zero-order valence-corrected chi connectivity index (χ0v) is 12.9. The number of hydrogen-bond donors (Lipinski definition) is 1. The van der Waals surface area contributed by atoms with Gasteiger partial charge in [0.1, 0.15) is 0 Å². The number of carbonyl (C=O) groups is 3. The van der Waals surface area contributed by atoms with Crippen LogP contribution in [-0.4, -0.2) is 29.3 Å². The van der Waals surface area contributed by atoms with Crippen LogP contribution < -0.4 is 4.90 Å². The predicted molar refractivity (Wildman–Crippen MR) is 77.0 cm³/mol. The van der Waals surface area contributed by atoms with Crippen LogP contribution in [0.15, 0.2) is 16.6 Å². The van der Waals surface area contributed by atoms with Gasteiger partial charge in [-0.05, 0) is 38.5 Å². The molecule has 0 saturated heterocycles. The van der Waals surface area contributed by atoms with Gasteiger partial charge in [0, 0.05) is 11.0 Å². The van der Waals surface area contributed by atoms with E-state index >= 15 is 0 Å². The van der Waals surface area contributed by atoms with E-state index in [2.05, 4.69) is 15.9 Å². The number of carboxylic acids is 1. The van der Waals surface area contributed by atoms with Crippen LogP contribution in [0.3, 0.4) is 0 Å². The average molecular weight is 340 g/mol. The first-order chi connectivity index (χ1) is 9.15. The standard InChI is InChI=1S/C14H14BrNO4/c1-7-4-8(15)5-9-10(7)16(12(18)11(9)17)6-14(2,3)13(19)20/h4-5H,6H2,1-3H3,(H,19,20). The summed E-state index contributed by atoms with van der Waals surface area (Å²) < 4.78 is 0.717. The lowest BCUT2D eigenvalue weighted by Crippen LogP contribution is -2.42. The maximum absolute atomic E-state index is 12.1. The van der Waals surface area contributed by atoms with Gasteiger partial charge in [-0.3, -0.25) is 14.4 Å². The molecular formula is C14H14BrNO4. The maximum Gasteiger partial charge on any atom is 0.310 e. The van der Waals surface area contributed by atoms with Crippen molar-refractivity contribution in [1.29, 1.82) is 0 Å². The predicted octanol–water partition coefficient (Wildman–Crippen LogP) is 2.40. The van der Waals surface area contributed by atoms with Crippen LogP contribution in [0.25, 0.3) is 0 Å². The molecule has 1 aromatic rings. The van der Waals surface area contributed by atoms with Gasteiger partial charge in [-0.25, -0.2) is 0 Å². The van der Waals surface area contributed by atoms with Gasteiger partial charge in [-0.1, -0.05) is 15.9 Å². The lowest BCUT2D eigenvalue weighted by Gasteiger charge is -2.27. The van der Waals surface area contributed by atoms with E-state index in [-0.39, 0.29) is 6.54 Å². The largest absolute Gasteiger partial charge is 0.481 e. The second-order valence-electron chi connectivity index (χ2n) is 5.53. The Labute approximate surface area is 124 Å². The zero-order valence-electron chi connectivity index (χ0n) is 11.4. The number of Topliss-reactive ketones (excluding diaryl/α,β-unsaturated/α-hetero) is 1. The van der Waals surface area contributed by atoms with E-state index in [1.807, 2.05) is 0 Å². The van der Waals surface area contributed by atoms with Crippen LogP contribution in [0.2, 0.25) is 0 Å². The van der Waals surface area contributed by atoms with E-state index in [9.17, 15) is 19.5 Å². The Balaban J connectivity index is 2.51. The van der Waals surface area contributed by atoms with Gasteiger partial charge in [0.05, 0.1) is 16.7 Å². The van der Waals surface area contributed by atoms with Crippen molar-refractivity contribution in [2.24, 2.45) is 5.41 Å². The molecule has 0 aromatic heterocycles. The van der Waals surface area contributed by atoms with Crippen LogP contribution in [0.1, 0.15) is 29.8 Å². The van der Waals surface area contributed by atoms with Crippen molar-refractivity contribution in [3.8, 4) is 0 Å². The van der Waals surface area contributed by atoms with Gasteiger partial charge in [-0.2, -0.15) is 0 Å². The number of fused-ring (bicyclic) bond motifs is 1. The fraction of sp³-hybridized carbons (Fsp3) is 0.357. The molecule has 0 aliphatic carbocycles. The molecular weight excluding hydrogens is 326 g/mol. The van der Waals surface area contributed by atoms with Crippen LogP contribution in [0.4, 0.5) is 5.69 Å². The Morgan fingerprint density at radius 2 is 1.95 bits per heavy atom. The molecule has 0 atom stereocenters. The summed E-state index contributed by atoms with van der Waals surface area (Å²) in [7, 11) is 0. The van der Waals surface area contributed by atoms with Gasteiger partial charge in [0.25, 0.3) is 11.7 Å². The number of carbonyl (C=O) groups excluding carboxylic acids is 2. The zero-order chi connectivity index (χ0) is 15.2. The smallest absolute Gasteiger partial charge is 0.310 e. The van der Waals surface area contributed by atoms with Crippen molar-refractivity contribution in [3.63, 3.8) is 0 Å². The molecule has 1 aromatic carbocycles. The van der Waals surface area contributed by atoms with E-state index in [0.29, 0.717) is 15.7 Å². The molecule has 1 heterocycles. The van der Waals surface area contributed by atoms with E-state index in [1.54, 1.807) is 19.1 Å². The number of halogens is 1. The fourth-order valence-corrected chi connectivity index (χ4v) is 2.79. The molecule has 6 heteroatoms. The Hall–Kier alpha value is -1.69. The summed E-state index contributed by atoms with van der Waals surface area (Å²) >= 11 is 3.29. The summed E-state index contributed by atoms with van der Waals surface area (Å²) in [6.45, 7) is 4.80. The Kier molecular flexibility index (Phi) is 3.46. The first-order valence-corrected chi connectivity index (χ1v) is 6.84. The lowest BCUT2D eigenvalue weighted by molar-refractivity contribution is -0.146. The summed E-state index contributed by atoms with van der Waals surface area (Å²) in [6.07, 6.45) is 0. The minimum Gasteiger partial charge on any atom is -0.481 e. The number of aliphatic carboxylic acids is 1. The van der Waals surface area contributed by atoms with Crippen LogP contribution in [0, 0.1) is 12.3 Å². The highest BCUT2D eigenvalue weighted by Crippen LogP contribution is 2.36. The maximum atomic E-state index is 12.1. The number of carboxylic acid groups (broad SMARTS) is 1. The molecule has 106 valence electrons. The van der Waals surface area contributed by atoms with Crippen molar-refractivity contribution in [2.45, 2.75) is 20.8 Å². The first kappa shape index (κ1) is 14.7. The van der Waals surface area contributed by atoms with Gasteiger partial charge >= 0.3 is 5.97 Å². The number of ketones is 1. The Morgan fingerprint density at radius 3 is 2.50 bits per heavy atom. The molecule has 1 aliphatic heterocycles. The van der Waals surface area contributed by atoms with Crippen molar-refractivity contribution >= 4 is 39.3 Å². The normalized spacial score (nSPS) is 14.7. The topological polar surface area (TPSA) is 74.7 Å². The lowest BCUT2D eigenvalue weighted by atomic mass is 9.93. The number of rotatable bonds is 3. The highest BCUT2D eigenvalue weighted by atomic mass is 79.9. The molecule has 1 aliphatic rings. The summed E-state index contributed by atoms with van der Waals surface area (Å²) in [5.41, 5.74) is 0.465. The van der Waals surface area contributed by atoms with Gasteiger partial charge in [0.2, 0.25) is 0 Å². The highest BCUT2D eigenvalue weighted by molar-refractivity contribution is 9.10. The van der Waals surface area contributed by atoms with Gasteiger partial charge < -0.3 is 10.0 Å². The molecule has 0 saturated carbocycles. The first-order valence-electron chi connectivity index (χ1n) is 6.05. The minimum atomic E-state index is -1.13. The van der Waals surface area contributed by atoms with E-state index < -0.39 is 23.1 Å². The summed E-state index contributed by atoms with van der Waals surface area (Å²) in [5, 5.41) is 9.18.